The Kier molecular flexibility index (Phi) is 5.04. The molecule has 0 saturated heterocycles. The van der Waals surface area contributed by atoms with Crippen LogP contribution in [0.3, 0.4) is 0 Å². The summed E-state index contributed by atoms with van der Waals surface area (Å²) in [6.07, 6.45) is 0. The summed E-state index contributed by atoms with van der Waals surface area (Å²) in [4.78, 5) is 0. The van der Waals surface area contributed by atoms with Gasteiger partial charge < -0.3 is 5.73 Å². The lowest BCUT2D eigenvalue weighted by molar-refractivity contribution is 0.327. The van der Waals surface area contributed by atoms with Crippen molar-refractivity contribution in [1.82, 2.24) is 0 Å². The number of halogens is 3. The number of rotatable bonds is 1. The average molecular weight is 252 g/mol. The molecule has 0 fully saturated rings. The summed E-state index contributed by atoms with van der Waals surface area (Å²) in [5.41, 5.74) is 6.82. The second-order valence-electron chi connectivity index (χ2n) is 4.52. The van der Waals surface area contributed by atoms with Crippen LogP contribution in [0.25, 0.3) is 0 Å². The van der Waals surface area contributed by atoms with Crippen LogP contribution in [-0.2, 0) is 0 Å². The van der Waals surface area contributed by atoms with E-state index in [1.165, 1.54) is 6.07 Å². The number of benzene rings is 1. The fourth-order valence-electron chi connectivity index (χ4n) is 1.21. The largest absolute Gasteiger partial charge is 0.324 e. The van der Waals surface area contributed by atoms with Crippen LogP contribution in [0.1, 0.15) is 32.4 Å². The van der Waals surface area contributed by atoms with Gasteiger partial charge in [0, 0.05) is 6.04 Å². The standard InChI is InChI=1S/C11H15ClFN.ClH/c1-11(2,3)10(14)7-4-5-9(13)8(12)6-7;/h4-6,10H,14H2,1-3H3;1H/t10-;/m1./s1. The highest BCUT2D eigenvalue weighted by molar-refractivity contribution is 6.30. The first kappa shape index (κ1) is 14.7. The Labute approximate surface area is 101 Å². The highest BCUT2D eigenvalue weighted by Crippen LogP contribution is 2.31. The van der Waals surface area contributed by atoms with Gasteiger partial charge in [-0.25, -0.2) is 4.39 Å². The van der Waals surface area contributed by atoms with Crippen LogP contribution in [0.2, 0.25) is 5.02 Å². The molecule has 1 nitrogen and oxygen atoms in total. The van der Waals surface area contributed by atoms with Crippen LogP contribution in [0.4, 0.5) is 4.39 Å². The molecule has 0 amide bonds. The van der Waals surface area contributed by atoms with Crippen molar-refractivity contribution in [2.24, 2.45) is 11.1 Å². The molecule has 1 rings (SSSR count). The summed E-state index contributed by atoms with van der Waals surface area (Å²) in [5, 5.41) is 0.127. The Balaban J connectivity index is 0.00000196. The lowest BCUT2D eigenvalue weighted by Crippen LogP contribution is -2.26. The molecule has 0 heterocycles. The molecule has 0 aliphatic carbocycles. The number of hydrogen-bond acceptors (Lipinski definition) is 1. The van der Waals surface area contributed by atoms with E-state index in [2.05, 4.69) is 0 Å². The minimum absolute atomic E-state index is 0. The predicted molar refractivity (Wildman–Crippen MR) is 65.0 cm³/mol. The van der Waals surface area contributed by atoms with Crippen molar-refractivity contribution in [3.63, 3.8) is 0 Å². The first-order valence-corrected chi connectivity index (χ1v) is 4.90. The molecule has 0 aliphatic heterocycles. The quantitative estimate of drug-likeness (QED) is 0.804. The Morgan fingerprint density at radius 3 is 2.27 bits per heavy atom. The molecule has 2 N–H and O–H groups in total. The van der Waals surface area contributed by atoms with Gasteiger partial charge in [0.25, 0.3) is 0 Å². The molecular formula is C11H16Cl2FN. The first-order chi connectivity index (χ1) is 6.32. The van der Waals surface area contributed by atoms with E-state index in [1.807, 2.05) is 20.8 Å². The molecule has 0 aromatic heterocycles. The Morgan fingerprint density at radius 2 is 1.87 bits per heavy atom. The summed E-state index contributed by atoms with van der Waals surface area (Å²) in [6.45, 7) is 6.11. The minimum atomic E-state index is -0.406. The third-order valence-corrected chi connectivity index (χ3v) is 2.53. The molecule has 0 aliphatic rings. The van der Waals surface area contributed by atoms with Gasteiger partial charge >= 0.3 is 0 Å². The van der Waals surface area contributed by atoms with E-state index < -0.39 is 5.82 Å². The van der Waals surface area contributed by atoms with Gasteiger partial charge in [0.05, 0.1) is 5.02 Å². The van der Waals surface area contributed by atoms with Crippen molar-refractivity contribution in [3.8, 4) is 0 Å². The topological polar surface area (TPSA) is 26.0 Å². The van der Waals surface area contributed by atoms with Crippen molar-refractivity contribution in [2.75, 3.05) is 0 Å². The monoisotopic (exact) mass is 251 g/mol. The Bertz CT molecular complexity index is 334. The van der Waals surface area contributed by atoms with E-state index in [0.29, 0.717) is 0 Å². The summed E-state index contributed by atoms with van der Waals surface area (Å²) in [7, 11) is 0. The highest BCUT2D eigenvalue weighted by Gasteiger charge is 2.22. The van der Waals surface area contributed by atoms with Crippen molar-refractivity contribution in [1.29, 1.82) is 0 Å². The van der Waals surface area contributed by atoms with Crippen LogP contribution in [0.5, 0.6) is 0 Å². The fourth-order valence-corrected chi connectivity index (χ4v) is 1.39. The minimum Gasteiger partial charge on any atom is -0.324 e. The van der Waals surface area contributed by atoms with Crippen molar-refractivity contribution >= 4 is 24.0 Å². The lowest BCUT2D eigenvalue weighted by atomic mass is 9.83. The lowest BCUT2D eigenvalue weighted by Gasteiger charge is -2.27. The third kappa shape index (κ3) is 3.63. The van der Waals surface area contributed by atoms with Crippen molar-refractivity contribution < 1.29 is 4.39 Å². The number of hydrogen-bond donors (Lipinski definition) is 1. The Morgan fingerprint density at radius 1 is 1.33 bits per heavy atom. The zero-order chi connectivity index (χ0) is 10.9. The molecule has 0 spiro atoms. The molecule has 0 radical (unpaired) electrons. The molecule has 86 valence electrons. The maximum Gasteiger partial charge on any atom is 0.141 e. The molecule has 1 atom stereocenters. The van der Waals surface area contributed by atoms with Crippen molar-refractivity contribution in [2.45, 2.75) is 26.8 Å². The molecule has 0 saturated carbocycles. The van der Waals surface area contributed by atoms with E-state index in [-0.39, 0.29) is 28.9 Å². The van der Waals surface area contributed by atoms with Crippen LogP contribution < -0.4 is 5.73 Å². The van der Waals surface area contributed by atoms with Crippen LogP contribution >= 0.6 is 24.0 Å². The molecule has 4 heteroatoms. The van der Waals surface area contributed by atoms with Gasteiger partial charge in [-0.05, 0) is 23.1 Å². The van der Waals surface area contributed by atoms with E-state index in [0.717, 1.165) is 5.56 Å². The Hall–Kier alpha value is -0.310. The summed E-state index contributed by atoms with van der Waals surface area (Å²) < 4.78 is 12.9. The normalized spacial score (nSPS) is 13.2. The van der Waals surface area contributed by atoms with Gasteiger partial charge in [-0.3, -0.25) is 0 Å². The van der Waals surface area contributed by atoms with Gasteiger partial charge in [0.1, 0.15) is 5.82 Å². The summed E-state index contributed by atoms with van der Waals surface area (Å²) in [5.74, 6) is -0.406. The average Bonchev–Trinajstić information content (AvgIpc) is 2.07. The van der Waals surface area contributed by atoms with E-state index >= 15 is 0 Å². The van der Waals surface area contributed by atoms with Crippen LogP contribution in [0, 0.1) is 11.2 Å². The second kappa shape index (κ2) is 5.15. The maximum atomic E-state index is 12.9. The van der Waals surface area contributed by atoms with E-state index in [1.54, 1.807) is 12.1 Å². The zero-order valence-electron chi connectivity index (χ0n) is 9.05. The van der Waals surface area contributed by atoms with Crippen molar-refractivity contribution in [3.05, 3.63) is 34.6 Å². The maximum absolute atomic E-state index is 12.9. The van der Waals surface area contributed by atoms with Gasteiger partial charge in [0.2, 0.25) is 0 Å². The van der Waals surface area contributed by atoms with E-state index in [4.69, 9.17) is 17.3 Å². The zero-order valence-corrected chi connectivity index (χ0v) is 10.6. The van der Waals surface area contributed by atoms with Gasteiger partial charge in [-0.15, -0.1) is 12.4 Å². The highest BCUT2D eigenvalue weighted by atomic mass is 35.5. The predicted octanol–water partition coefficient (Wildman–Crippen LogP) is 3.95. The first-order valence-electron chi connectivity index (χ1n) is 4.53. The summed E-state index contributed by atoms with van der Waals surface area (Å²) in [6, 6.07) is 4.48. The van der Waals surface area contributed by atoms with Gasteiger partial charge in [-0.2, -0.15) is 0 Å². The molecule has 1 aromatic rings. The smallest absolute Gasteiger partial charge is 0.141 e. The van der Waals surface area contributed by atoms with Crippen LogP contribution in [-0.4, -0.2) is 0 Å². The molecule has 1 aromatic carbocycles. The van der Waals surface area contributed by atoms with Gasteiger partial charge in [0.15, 0.2) is 0 Å². The molecule has 0 bridgehead atoms. The molecular weight excluding hydrogens is 236 g/mol. The summed E-state index contributed by atoms with van der Waals surface area (Å²) >= 11 is 5.68. The molecule has 15 heavy (non-hydrogen) atoms. The van der Waals surface area contributed by atoms with Gasteiger partial charge in [-0.1, -0.05) is 38.4 Å². The fraction of sp³-hybridized carbons (Fsp3) is 0.455. The van der Waals surface area contributed by atoms with E-state index in [9.17, 15) is 4.39 Å². The second-order valence-corrected chi connectivity index (χ2v) is 4.92. The SMILES string of the molecule is CC(C)(C)[C@H](N)c1ccc(F)c(Cl)c1.Cl. The van der Waals surface area contributed by atoms with Crippen LogP contribution in [0.15, 0.2) is 18.2 Å². The third-order valence-electron chi connectivity index (χ3n) is 2.24. The number of nitrogens with two attached hydrogens (primary N) is 1. The molecule has 0 unspecified atom stereocenters.